The predicted octanol–water partition coefficient (Wildman–Crippen LogP) is 2.40. The van der Waals surface area contributed by atoms with E-state index in [2.05, 4.69) is 11.2 Å². The van der Waals surface area contributed by atoms with Crippen molar-refractivity contribution in [3.8, 4) is 12.3 Å². The SMILES string of the molecule is C#CC(C)(C)NC(=O)c1cccc(F)c1[AsH]CCC(F)(F)F. The van der Waals surface area contributed by atoms with Gasteiger partial charge in [0.05, 0.1) is 0 Å². The number of benzene rings is 1. The first-order valence-electron chi connectivity index (χ1n) is 6.45. The maximum atomic E-state index is 13.9. The van der Waals surface area contributed by atoms with Crippen LogP contribution in [0.25, 0.3) is 0 Å². The fourth-order valence-electron chi connectivity index (χ4n) is 1.61. The second-order valence-corrected chi connectivity index (χ2v) is 8.02. The number of carbonyl (C=O) groups is 1. The molecule has 0 aliphatic carbocycles. The summed E-state index contributed by atoms with van der Waals surface area (Å²) in [5.41, 5.74) is -0.863. The average Bonchev–Trinajstić information content (AvgIpc) is 2.38. The van der Waals surface area contributed by atoms with Crippen molar-refractivity contribution < 1.29 is 22.4 Å². The van der Waals surface area contributed by atoms with Crippen molar-refractivity contribution in [2.45, 2.75) is 37.2 Å². The third-order valence-corrected chi connectivity index (χ3v) is 5.61. The zero-order valence-electron chi connectivity index (χ0n) is 12.1. The van der Waals surface area contributed by atoms with Crippen molar-refractivity contribution in [2.75, 3.05) is 0 Å². The van der Waals surface area contributed by atoms with Crippen LogP contribution in [0.15, 0.2) is 18.2 Å². The molecule has 1 amide bonds. The minimum absolute atomic E-state index is 0.0606. The summed E-state index contributed by atoms with van der Waals surface area (Å²) < 4.78 is 50.6. The van der Waals surface area contributed by atoms with Crippen LogP contribution in [0, 0.1) is 18.2 Å². The van der Waals surface area contributed by atoms with Crippen molar-refractivity contribution in [3.05, 3.63) is 29.6 Å². The molecule has 0 aromatic heterocycles. The number of carbonyl (C=O) groups excluding carboxylic acids is 1. The molecule has 0 saturated heterocycles. The Hall–Kier alpha value is -1.47. The van der Waals surface area contributed by atoms with E-state index >= 15 is 0 Å². The fraction of sp³-hybridized carbons (Fsp3) is 0.400. The van der Waals surface area contributed by atoms with Crippen LogP contribution in [0.5, 0.6) is 0 Å². The molecule has 0 bridgehead atoms. The van der Waals surface area contributed by atoms with Crippen LogP contribution in [0.3, 0.4) is 0 Å². The number of hydrogen-bond acceptors (Lipinski definition) is 1. The Balaban J connectivity index is 2.94. The van der Waals surface area contributed by atoms with Gasteiger partial charge in [-0.1, -0.05) is 0 Å². The third-order valence-electron chi connectivity index (χ3n) is 2.76. The van der Waals surface area contributed by atoms with E-state index < -0.39 is 45.6 Å². The molecule has 1 aromatic rings. The summed E-state index contributed by atoms with van der Waals surface area (Å²) in [4.78, 5) is 12.2. The summed E-state index contributed by atoms with van der Waals surface area (Å²) >= 11 is -1.42. The van der Waals surface area contributed by atoms with Gasteiger partial charge in [0.1, 0.15) is 0 Å². The van der Waals surface area contributed by atoms with E-state index in [1.54, 1.807) is 13.8 Å². The van der Waals surface area contributed by atoms with Crippen LogP contribution < -0.4 is 9.67 Å². The van der Waals surface area contributed by atoms with E-state index in [1.807, 2.05) is 0 Å². The van der Waals surface area contributed by atoms with E-state index in [0.717, 1.165) is 6.07 Å². The van der Waals surface area contributed by atoms with Gasteiger partial charge in [-0.2, -0.15) is 0 Å². The molecular formula is C15H16AsF4NO. The standard InChI is InChI=1S/C15H16AsF4NO/c1-4-14(2,3)21-13(22)10-6-5-7-11(17)12(10)16-9-8-15(18,19)20/h1,5-7,16H,8-9H2,2-3H3,(H,21,22). The second kappa shape index (κ2) is 7.19. The van der Waals surface area contributed by atoms with Crippen molar-refractivity contribution in [1.82, 2.24) is 5.32 Å². The first-order valence-corrected chi connectivity index (χ1v) is 8.98. The van der Waals surface area contributed by atoms with Crippen molar-refractivity contribution in [2.24, 2.45) is 0 Å². The van der Waals surface area contributed by atoms with Gasteiger partial charge in [-0.15, -0.1) is 0 Å². The molecule has 0 aliphatic heterocycles. The summed E-state index contributed by atoms with van der Waals surface area (Å²) in [7, 11) is 0. The Labute approximate surface area is 133 Å². The van der Waals surface area contributed by atoms with Gasteiger partial charge in [0, 0.05) is 0 Å². The molecule has 22 heavy (non-hydrogen) atoms. The predicted molar refractivity (Wildman–Crippen MR) is 79.0 cm³/mol. The van der Waals surface area contributed by atoms with E-state index in [1.165, 1.54) is 12.1 Å². The summed E-state index contributed by atoms with van der Waals surface area (Å²) in [6.45, 7) is 3.20. The number of rotatable bonds is 5. The quantitative estimate of drug-likeness (QED) is 0.477. The van der Waals surface area contributed by atoms with Gasteiger partial charge in [-0.05, 0) is 0 Å². The molecule has 1 atom stereocenters. The van der Waals surface area contributed by atoms with Gasteiger partial charge in [-0.25, -0.2) is 0 Å². The van der Waals surface area contributed by atoms with Gasteiger partial charge in [0.15, 0.2) is 0 Å². The van der Waals surface area contributed by atoms with Crippen molar-refractivity contribution >= 4 is 26.0 Å². The Morgan fingerprint density at radius 1 is 1.36 bits per heavy atom. The maximum absolute atomic E-state index is 13.9. The molecule has 1 aromatic carbocycles. The molecule has 2 nitrogen and oxygen atoms in total. The third kappa shape index (κ3) is 5.73. The Morgan fingerprint density at radius 3 is 2.55 bits per heavy atom. The molecule has 0 radical (unpaired) electrons. The van der Waals surface area contributed by atoms with E-state index in [9.17, 15) is 22.4 Å². The Kier molecular flexibility index (Phi) is 6.07. The first-order chi connectivity index (χ1) is 10.1. The van der Waals surface area contributed by atoms with Gasteiger partial charge in [0.25, 0.3) is 0 Å². The van der Waals surface area contributed by atoms with Crippen LogP contribution in [0.2, 0.25) is 5.21 Å². The monoisotopic (exact) mass is 377 g/mol. The van der Waals surface area contributed by atoms with Crippen LogP contribution >= 0.6 is 0 Å². The van der Waals surface area contributed by atoms with Gasteiger partial charge < -0.3 is 0 Å². The number of amides is 1. The van der Waals surface area contributed by atoms with Crippen LogP contribution in [-0.2, 0) is 0 Å². The van der Waals surface area contributed by atoms with E-state index in [-0.39, 0.29) is 15.1 Å². The molecule has 0 fully saturated rings. The van der Waals surface area contributed by atoms with Crippen LogP contribution in [0.4, 0.5) is 17.6 Å². The molecule has 0 aliphatic rings. The van der Waals surface area contributed by atoms with Gasteiger partial charge >= 0.3 is 133 Å². The molecule has 7 heteroatoms. The van der Waals surface area contributed by atoms with Crippen LogP contribution in [-0.4, -0.2) is 33.4 Å². The number of nitrogens with one attached hydrogen (secondary N) is 1. The molecular weight excluding hydrogens is 361 g/mol. The Morgan fingerprint density at radius 2 is 2.00 bits per heavy atom. The first kappa shape index (κ1) is 18.6. The molecule has 1 N–H and O–H groups in total. The molecule has 120 valence electrons. The van der Waals surface area contributed by atoms with Crippen LogP contribution in [0.1, 0.15) is 30.6 Å². The second-order valence-electron chi connectivity index (χ2n) is 5.18. The Bertz CT molecular complexity index is 590. The number of hydrogen-bond donors (Lipinski definition) is 1. The van der Waals surface area contributed by atoms with E-state index in [0.29, 0.717) is 0 Å². The van der Waals surface area contributed by atoms with Gasteiger partial charge in [-0.3, -0.25) is 0 Å². The number of terminal acetylenes is 1. The molecule has 0 spiro atoms. The summed E-state index contributed by atoms with van der Waals surface area (Å²) in [6.07, 6.45) is 0.0236. The number of halogens is 4. The zero-order chi connectivity index (χ0) is 17.0. The topological polar surface area (TPSA) is 29.1 Å². The summed E-state index contributed by atoms with van der Waals surface area (Å²) in [5.74, 6) is 1.15. The van der Waals surface area contributed by atoms with Gasteiger partial charge in [0.2, 0.25) is 0 Å². The minimum atomic E-state index is -4.28. The van der Waals surface area contributed by atoms with E-state index in [4.69, 9.17) is 6.42 Å². The average molecular weight is 377 g/mol. The number of alkyl halides is 3. The molecule has 1 rings (SSSR count). The molecule has 1 unspecified atom stereocenters. The van der Waals surface area contributed by atoms with Crippen molar-refractivity contribution in [3.63, 3.8) is 0 Å². The fourth-order valence-corrected chi connectivity index (χ4v) is 4.33. The molecule has 0 heterocycles. The summed E-state index contributed by atoms with van der Waals surface area (Å²) in [6, 6.07) is 3.90. The molecule has 0 saturated carbocycles. The summed E-state index contributed by atoms with van der Waals surface area (Å²) in [5, 5.41) is 2.39. The van der Waals surface area contributed by atoms with Crippen molar-refractivity contribution in [1.29, 1.82) is 0 Å². The normalized spacial score (nSPS) is 12.4. The zero-order valence-corrected chi connectivity index (χ0v) is 14.2.